The number of nitrogens with zero attached hydrogens (tertiary/aromatic N) is 1. The molecule has 4 heteroatoms. The Hall–Kier alpha value is -2.10. The number of ether oxygens (including phenoxy) is 1. The highest BCUT2D eigenvalue weighted by Gasteiger charge is 2.31. The number of hydrogen-bond donors (Lipinski definition) is 1. The fourth-order valence-corrected chi connectivity index (χ4v) is 2.49. The van der Waals surface area contributed by atoms with Gasteiger partial charge < -0.3 is 19.8 Å². The average molecular weight is 286 g/mol. The van der Waals surface area contributed by atoms with Crippen molar-refractivity contribution in [2.75, 3.05) is 17.2 Å². The molecule has 2 aromatic rings. The van der Waals surface area contributed by atoms with Gasteiger partial charge in [0.2, 0.25) is 0 Å². The van der Waals surface area contributed by atoms with Crippen LogP contribution in [0.2, 0.25) is 0 Å². The predicted molar refractivity (Wildman–Crippen MR) is 84.6 cm³/mol. The summed E-state index contributed by atoms with van der Waals surface area (Å²) in [6.45, 7) is 3.53. The number of hydrogen-bond acceptors (Lipinski definition) is 4. The second kappa shape index (κ2) is 6.12. The first-order valence-electron chi connectivity index (χ1n) is 7.60. The lowest BCUT2D eigenvalue weighted by atomic mass is 10.2. The molecule has 0 atom stereocenters. The lowest BCUT2D eigenvalue weighted by Gasteiger charge is -2.26. The van der Waals surface area contributed by atoms with Crippen LogP contribution in [0.15, 0.2) is 41.0 Å². The zero-order chi connectivity index (χ0) is 14.7. The van der Waals surface area contributed by atoms with E-state index in [0.29, 0.717) is 12.6 Å². The smallest absolute Gasteiger partial charge is 0.144 e. The van der Waals surface area contributed by atoms with Gasteiger partial charge in [-0.2, -0.15) is 0 Å². The van der Waals surface area contributed by atoms with E-state index in [2.05, 4.69) is 17.9 Å². The van der Waals surface area contributed by atoms with Gasteiger partial charge in [0.15, 0.2) is 0 Å². The molecule has 3 rings (SSSR count). The molecule has 0 saturated heterocycles. The molecule has 1 aliphatic carbocycles. The van der Waals surface area contributed by atoms with E-state index in [4.69, 9.17) is 14.9 Å². The van der Waals surface area contributed by atoms with Crippen LogP contribution in [-0.2, 0) is 6.54 Å². The second-order valence-corrected chi connectivity index (χ2v) is 5.48. The van der Waals surface area contributed by atoms with Crippen LogP contribution in [0.25, 0.3) is 0 Å². The molecule has 0 bridgehead atoms. The van der Waals surface area contributed by atoms with E-state index >= 15 is 0 Å². The van der Waals surface area contributed by atoms with Crippen LogP contribution in [-0.4, -0.2) is 12.6 Å². The minimum atomic E-state index is 0.554. The average Bonchev–Trinajstić information content (AvgIpc) is 3.21. The first-order valence-corrected chi connectivity index (χ1v) is 7.60. The highest BCUT2D eigenvalue weighted by atomic mass is 16.5. The Balaban J connectivity index is 1.85. The standard InChI is InChI=1S/C17H22N2O2/c1-2-10-21-16-7-3-6-15(17(16)18)19(13-8-9-13)12-14-5-4-11-20-14/h3-7,11,13H,2,8-10,12,18H2,1H3. The van der Waals surface area contributed by atoms with E-state index in [1.807, 2.05) is 24.3 Å². The van der Waals surface area contributed by atoms with Gasteiger partial charge >= 0.3 is 0 Å². The van der Waals surface area contributed by atoms with Gasteiger partial charge in [0.1, 0.15) is 11.5 Å². The number of anilines is 2. The topological polar surface area (TPSA) is 51.6 Å². The molecule has 0 radical (unpaired) electrons. The molecule has 0 amide bonds. The summed E-state index contributed by atoms with van der Waals surface area (Å²) in [5.41, 5.74) is 8.09. The first kappa shape index (κ1) is 13.9. The van der Waals surface area contributed by atoms with Gasteiger partial charge in [0, 0.05) is 6.04 Å². The van der Waals surface area contributed by atoms with Crippen LogP contribution in [0.5, 0.6) is 5.75 Å². The van der Waals surface area contributed by atoms with Gasteiger partial charge in [-0.15, -0.1) is 0 Å². The summed E-state index contributed by atoms with van der Waals surface area (Å²) < 4.78 is 11.2. The van der Waals surface area contributed by atoms with Gasteiger partial charge in [-0.1, -0.05) is 13.0 Å². The minimum absolute atomic E-state index is 0.554. The number of nitrogen functional groups attached to an aromatic ring is 1. The van der Waals surface area contributed by atoms with Crippen molar-refractivity contribution in [2.45, 2.75) is 38.8 Å². The number of nitrogens with two attached hydrogens (primary N) is 1. The van der Waals surface area contributed by atoms with Gasteiger partial charge in [-0.25, -0.2) is 0 Å². The van der Waals surface area contributed by atoms with E-state index in [1.165, 1.54) is 12.8 Å². The molecule has 21 heavy (non-hydrogen) atoms. The summed E-state index contributed by atoms with van der Waals surface area (Å²) in [4.78, 5) is 2.33. The van der Waals surface area contributed by atoms with E-state index in [9.17, 15) is 0 Å². The van der Waals surface area contributed by atoms with Crippen molar-refractivity contribution in [2.24, 2.45) is 0 Å². The van der Waals surface area contributed by atoms with Crippen LogP contribution in [0.4, 0.5) is 11.4 Å². The van der Waals surface area contributed by atoms with E-state index in [-0.39, 0.29) is 0 Å². The highest BCUT2D eigenvalue weighted by molar-refractivity contribution is 5.74. The Bertz CT molecular complexity index is 576. The third kappa shape index (κ3) is 3.15. The number of furan rings is 1. The molecule has 0 unspecified atom stereocenters. The predicted octanol–water partition coefficient (Wildman–Crippen LogP) is 3.82. The molecule has 1 aromatic heterocycles. The fourth-order valence-electron chi connectivity index (χ4n) is 2.49. The van der Waals surface area contributed by atoms with Crippen LogP contribution >= 0.6 is 0 Å². The quantitative estimate of drug-likeness (QED) is 0.786. The summed E-state index contributed by atoms with van der Waals surface area (Å²) in [6, 6.07) is 10.5. The molecular formula is C17H22N2O2. The summed E-state index contributed by atoms with van der Waals surface area (Å²) in [6.07, 6.45) is 5.10. The van der Waals surface area contributed by atoms with E-state index < -0.39 is 0 Å². The SMILES string of the molecule is CCCOc1cccc(N(Cc2ccco2)C2CC2)c1N. The Morgan fingerprint density at radius 3 is 2.81 bits per heavy atom. The van der Waals surface area contributed by atoms with Crippen molar-refractivity contribution in [3.8, 4) is 5.75 Å². The van der Waals surface area contributed by atoms with Crippen LogP contribution in [0.3, 0.4) is 0 Å². The van der Waals surface area contributed by atoms with E-state index in [1.54, 1.807) is 6.26 Å². The lowest BCUT2D eigenvalue weighted by molar-refractivity contribution is 0.319. The fraction of sp³-hybridized carbons (Fsp3) is 0.412. The lowest BCUT2D eigenvalue weighted by Crippen LogP contribution is -2.25. The molecule has 112 valence electrons. The molecular weight excluding hydrogens is 264 g/mol. The number of rotatable bonds is 7. The molecule has 1 aromatic carbocycles. The van der Waals surface area contributed by atoms with Gasteiger partial charge in [-0.3, -0.25) is 0 Å². The van der Waals surface area contributed by atoms with Crippen molar-refractivity contribution in [3.63, 3.8) is 0 Å². The number of benzene rings is 1. The monoisotopic (exact) mass is 286 g/mol. The minimum Gasteiger partial charge on any atom is -0.491 e. The van der Waals surface area contributed by atoms with Crippen molar-refractivity contribution in [1.82, 2.24) is 0 Å². The van der Waals surface area contributed by atoms with Crippen LogP contribution in [0, 0.1) is 0 Å². The zero-order valence-corrected chi connectivity index (χ0v) is 12.4. The van der Waals surface area contributed by atoms with Crippen molar-refractivity contribution >= 4 is 11.4 Å². The second-order valence-electron chi connectivity index (χ2n) is 5.48. The van der Waals surface area contributed by atoms with Gasteiger partial charge in [0.05, 0.1) is 30.8 Å². The molecule has 0 spiro atoms. The van der Waals surface area contributed by atoms with Crippen molar-refractivity contribution in [3.05, 3.63) is 42.4 Å². The molecule has 0 aliphatic heterocycles. The molecule has 2 N–H and O–H groups in total. The third-order valence-electron chi connectivity index (χ3n) is 3.71. The summed E-state index contributed by atoms with van der Waals surface area (Å²) in [5, 5.41) is 0. The van der Waals surface area contributed by atoms with Gasteiger partial charge in [0.25, 0.3) is 0 Å². The van der Waals surface area contributed by atoms with Crippen LogP contribution in [0.1, 0.15) is 31.9 Å². The normalized spacial score (nSPS) is 14.1. The highest BCUT2D eigenvalue weighted by Crippen LogP contribution is 2.39. The Kier molecular flexibility index (Phi) is 4.04. The molecule has 1 fully saturated rings. The largest absolute Gasteiger partial charge is 0.491 e. The van der Waals surface area contributed by atoms with Gasteiger partial charge in [-0.05, 0) is 43.5 Å². The maximum absolute atomic E-state index is 6.32. The Morgan fingerprint density at radius 1 is 1.29 bits per heavy atom. The van der Waals surface area contributed by atoms with E-state index in [0.717, 1.165) is 35.9 Å². The first-order chi connectivity index (χ1) is 10.3. The maximum Gasteiger partial charge on any atom is 0.144 e. The number of para-hydroxylation sites is 1. The molecule has 1 aliphatic rings. The molecule has 1 heterocycles. The Morgan fingerprint density at radius 2 is 2.14 bits per heavy atom. The van der Waals surface area contributed by atoms with Crippen molar-refractivity contribution < 1.29 is 9.15 Å². The van der Waals surface area contributed by atoms with Crippen molar-refractivity contribution in [1.29, 1.82) is 0 Å². The summed E-state index contributed by atoms with van der Waals surface area (Å²) in [7, 11) is 0. The molecule has 1 saturated carbocycles. The molecule has 4 nitrogen and oxygen atoms in total. The third-order valence-corrected chi connectivity index (χ3v) is 3.71. The maximum atomic E-state index is 6.32. The summed E-state index contributed by atoms with van der Waals surface area (Å²) in [5.74, 6) is 1.74. The summed E-state index contributed by atoms with van der Waals surface area (Å²) >= 11 is 0. The Labute approximate surface area is 125 Å². The van der Waals surface area contributed by atoms with Crippen LogP contribution < -0.4 is 15.4 Å². The zero-order valence-electron chi connectivity index (χ0n) is 12.4.